The summed E-state index contributed by atoms with van der Waals surface area (Å²) >= 11 is 0. The zero-order valence-corrected chi connectivity index (χ0v) is 13.5. The molecule has 0 saturated carbocycles. The van der Waals surface area contributed by atoms with Gasteiger partial charge in [-0.1, -0.05) is 6.08 Å². The van der Waals surface area contributed by atoms with Crippen LogP contribution in [0.2, 0.25) is 0 Å². The summed E-state index contributed by atoms with van der Waals surface area (Å²) in [6.45, 7) is 9.53. The average molecular weight is 294 g/mol. The summed E-state index contributed by atoms with van der Waals surface area (Å²) in [6.07, 6.45) is 3.86. The Labute approximate surface area is 126 Å². The molecule has 1 heterocycles. The molecule has 1 unspecified atom stereocenters. The zero-order chi connectivity index (χ0) is 16.1. The molecule has 116 valence electrons. The Kier molecular flexibility index (Phi) is 3.75. The Morgan fingerprint density at radius 2 is 1.76 bits per heavy atom. The van der Waals surface area contributed by atoms with E-state index in [1.54, 1.807) is 26.2 Å². The molecule has 0 aromatic heterocycles. The summed E-state index contributed by atoms with van der Waals surface area (Å²) in [6, 6.07) is 0. The summed E-state index contributed by atoms with van der Waals surface area (Å²) in [5.41, 5.74) is -1.28. The molecule has 1 aliphatic carbocycles. The fourth-order valence-electron chi connectivity index (χ4n) is 2.40. The Bertz CT molecular complexity index is 504. The third-order valence-corrected chi connectivity index (χ3v) is 4.69. The van der Waals surface area contributed by atoms with E-state index in [0.717, 1.165) is 0 Å². The van der Waals surface area contributed by atoms with Crippen molar-refractivity contribution in [3.05, 3.63) is 23.4 Å². The Morgan fingerprint density at radius 3 is 2.19 bits per heavy atom. The SMILES string of the molecule is COC1=CCC(C)(C(=O)O)C=C1B1OC(C)(C)C(C)(C)O1. The van der Waals surface area contributed by atoms with Gasteiger partial charge in [0.1, 0.15) is 5.76 Å². The van der Waals surface area contributed by atoms with Crippen molar-refractivity contribution in [2.75, 3.05) is 7.11 Å². The van der Waals surface area contributed by atoms with Crippen LogP contribution in [0.3, 0.4) is 0 Å². The lowest BCUT2D eigenvalue weighted by Gasteiger charge is -2.32. The highest BCUT2D eigenvalue weighted by molar-refractivity contribution is 6.56. The molecule has 1 saturated heterocycles. The van der Waals surface area contributed by atoms with Crippen molar-refractivity contribution >= 4 is 13.1 Å². The fraction of sp³-hybridized carbons (Fsp3) is 0.667. The van der Waals surface area contributed by atoms with Crippen LogP contribution < -0.4 is 0 Å². The third-order valence-electron chi connectivity index (χ3n) is 4.69. The van der Waals surface area contributed by atoms with E-state index in [-0.39, 0.29) is 0 Å². The Morgan fingerprint density at radius 1 is 1.24 bits per heavy atom. The van der Waals surface area contributed by atoms with Crippen molar-refractivity contribution in [2.24, 2.45) is 5.41 Å². The molecule has 1 fully saturated rings. The van der Waals surface area contributed by atoms with Gasteiger partial charge in [0.15, 0.2) is 0 Å². The van der Waals surface area contributed by atoms with E-state index in [2.05, 4.69) is 0 Å². The maximum atomic E-state index is 11.5. The van der Waals surface area contributed by atoms with Gasteiger partial charge in [-0.25, -0.2) is 0 Å². The number of hydrogen-bond donors (Lipinski definition) is 1. The predicted molar refractivity (Wildman–Crippen MR) is 79.6 cm³/mol. The number of carboxylic acid groups (broad SMARTS) is 1. The average Bonchev–Trinajstić information content (AvgIpc) is 2.58. The van der Waals surface area contributed by atoms with Crippen LogP contribution in [0.5, 0.6) is 0 Å². The predicted octanol–water partition coefficient (Wildman–Crippen LogP) is 2.57. The van der Waals surface area contributed by atoms with Crippen LogP contribution in [-0.4, -0.2) is 36.5 Å². The van der Waals surface area contributed by atoms with Gasteiger partial charge in [0.05, 0.1) is 23.7 Å². The number of carboxylic acids is 1. The Hall–Kier alpha value is -1.27. The van der Waals surface area contributed by atoms with E-state index < -0.39 is 29.7 Å². The van der Waals surface area contributed by atoms with Crippen LogP contribution in [0.1, 0.15) is 41.0 Å². The molecule has 0 bridgehead atoms. The van der Waals surface area contributed by atoms with Crippen LogP contribution >= 0.6 is 0 Å². The largest absolute Gasteiger partial charge is 0.498 e. The molecule has 2 aliphatic rings. The van der Waals surface area contributed by atoms with E-state index >= 15 is 0 Å². The summed E-state index contributed by atoms with van der Waals surface area (Å²) in [5, 5.41) is 9.43. The van der Waals surface area contributed by atoms with Crippen molar-refractivity contribution in [3.63, 3.8) is 0 Å². The topological polar surface area (TPSA) is 65.0 Å². The number of aliphatic carboxylic acids is 1. The maximum absolute atomic E-state index is 11.5. The van der Waals surface area contributed by atoms with Gasteiger partial charge in [-0.2, -0.15) is 0 Å². The molecule has 1 atom stereocenters. The highest BCUT2D eigenvalue weighted by Crippen LogP contribution is 2.42. The first-order valence-electron chi connectivity index (χ1n) is 7.09. The third kappa shape index (κ3) is 2.62. The van der Waals surface area contributed by atoms with Gasteiger partial charge in [-0.3, -0.25) is 4.79 Å². The van der Waals surface area contributed by atoms with Gasteiger partial charge in [0, 0.05) is 5.47 Å². The van der Waals surface area contributed by atoms with Crippen molar-refractivity contribution in [2.45, 2.75) is 52.2 Å². The molecule has 5 nitrogen and oxygen atoms in total. The van der Waals surface area contributed by atoms with Gasteiger partial charge in [-0.05, 0) is 47.1 Å². The highest BCUT2D eigenvalue weighted by atomic mass is 16.7. The molecular formula is C15H23BO5. The first kappa shape index (κ1) is 16.1. The van der Waals surface area contributed by atoms with Crippen LogP contribution in [0.25, 0.3) is 0 Å². The number of hydrogen-bond acceptors (Lipinski definition) is 4. The first-order chi connectivity index (χ1) is 9.52. The number of allylic oxidation sites excluding steroid dienone is 2. The molecule has 6 heteroatoms. The zero-order valence-electron chi connectivity index (χ0n) is 13.5. The van der Waals surface area contributed by atoms with Crippen molar-refractivity contribution < 1.29 is 23.9 Å². The van der Waals surface area contributed by atoms with Gasteiger partial charge < -0.3 is 19.2 Å². The normalized spacial score (nSPS) is 30.7. The summed E-state index contributed by atoms with van der Waals surface area (Å²) in [4.78, 5) is 11.5. The summed E-state index contributed by atoms with van der Waals surface area (Å²) in [5.74, 6) is -0.254. The molecule has 2 rings (SSSR count). The standard InChI is InChI=1S/C15H23BO5/c1-13(2)14(3,4)21-16(20-13)10-9-15(5,12(17)18)8-7-11(10)19-6/h7,9H,8H2,1-6H3,(H,17,18). The molecule has 0 radical (unpaired) electrons. The summed E-state index contributed by atoms with van der Waals surface area (Å²) < 4.78 is 17.4. The first-order valence-corrected chi connectivity index (χ1v) is 7.09. The van der Waals surface area contributed by atoms with E-state index in [1.807, 2.05) is 27.7 Å². The molecule has 1 N–H and O–H groups in total. The second-order valence-corrected chi connectivity index (χ2v) is 6.89. The molecule has 0 amide bonds. The molecule has 21 heavy (non-hydrogen) atoms. The van der Waals surface area contributed by atoms with Crippen molar-refractivity contribution in [3.8, 4) is 0 Å². The molecular weight excluding hydrogens is 271 g/mol. The molecule has 0 aromatic rings. The monoisotopic (exact) mass is 294 g/mol. The molecule has 1 aliphatic heterocycles. The van der Waals surface area contributed by atoms with Gasteiger partial charge >= 0.3 is 13.1 Å². The van der Waals surface area contributed by atoms with Crippen LogP contribution in [0, 0.1) is 5.41 Å². The lowest BCUT2D eigenvalue weighted by Crippen LogP contribution is -2.41. The van der Waals surface area contributed by atoms with Gasteiger partial charge in [0.25, 0.3) is 0 Å². The van der Waals surface area contributed by atoms with E-state index in [9.17, 15) is 9.90 Å². The van der Waals surface area contributed by atoms with Gasteiger partial charge in [0.2, 0.25) is 0 Å². The quantitative estimate of drug-likeness (QED) is 0.810. The Balaban J connectivity index is 2.38. The highest BCUT2D eigenvalue weighted by Gasteiger charge is 2.54. The lowest BCUT2D eigenvalue weighted by atomic mass is 9.68. The minimum atomic E-state index is -0.971. The van der Waals surface area contributed by atoms with Crippen LogP contribution in [0.4, 0.5) is 0 Å². The van der Waals surface area contributed by atoms with E-state index in [0.29, 0.717) is 17.7 Å². The van der Waals surface area contributed by atoms with Crippen LogP contribution in [-0.2, 0) is 18.8 Å². The minimum absolute atomic E-state index is 0.383. The molecule has 0 aromatic carbocycles. The van der Waals surface area contributed by atoms with Crippen molar-refractivity contribution in [1.29, 1.82) is 0 Å². The number of methoxy groups -OCH3 is 1. The van der Waals surface area contributed by atoms with Gasteiger partial charge in [-0.15, -0.1) is 0 Å². The van der Waals surface area contributed by atoms with E-state index in [4.69, 9.17) is 14.0 Å². The smallest absolute Gasteiger partial charge is 0.497 e. The molecule has 0 spiro atoms. The fourth-order valence-corrected chi connectivity index (χ4v) is 2.40. The second kappa shape index (κ2) is 4.88. The van der Waals surface area contributed by atoms with E-state index in [1.165, 1.54) is 0 Å². The second-order valence-electron chi connectivity index (χ2n) is 6.89. The number of rotatable bonds is 3. The van der Waals surface area contributed by atoms with Crippen molar-refractivity contribution in [1.82, 2.24) is 0 Å². The van der Waals surface area contributed by atoms with Crippen LogP contribution in [0.15, 0.2) is 23.4 Å². The number of carbonyl (C=O) groups is 1. The maximum Gasteiger partial charge on any atom is 0.498 e. The number of ether oxygens (including phenoxy) is 1. The minimum Gasteiger partial charge on any atom is -0.497 e. The summed E-state index contributed by atoms with van der Waals surface area (Å²) in [7, 11) is 0.939. The lowest BCUT2D eigenvalue weighted by molar-refractivity contribution is -0.145.